The zero-order valence-corrected chi connectivity index (χ0v) is 15.1. The summed E-state index contributed by atoms with van der Waals surface area (Å²) in [6.07, 6.45) is 1.54. The van der Waals surface area contributed by atoms with Crippen molar-refractivity contribution in [2.75, 3.05) is 13.2 Å². The smallest absolute Gasteiger partial charge is 0.407 e. The number of carbonyl (C=O) groups excluding carboxylic acids is 1. The van der Waals surface area contributed by atoms with E-state index < -0.39 is 11.7 Å². The van der Waals surface area contributed by atoms with E-state index in [0.29, 0.717) is 0 Å². The number of aryl methyl sites for hydroxylation is 1. The summed E-state index contributed by atoms with van der Waals surface area (Å²) in [7, 11) is 0. The third-order valence-corrected chi connectivity index (χ3v) is 2.58. The molecule has 1 aromatic heterocycles. The minimum atomic E-state index is -0.494. The number of aromatic nitrogens is 1. The molecule has 0 aliphatic heterocycles. The van der Waals surface area contributed by atoms with Gasteiger partial charge in [0.2, 0.25) is 0 Å². The second kappa shape index (κ2) is 10.7. The average Bonchev–Trinajstić information content (AvgIpc) is 2.88. The maximum absolute atomic E-state index is 10.8. The number of rotatable bonds is 2. The predicted octanol–water partition coefficient (Wildman–Crippen LogP) is 4.01. The van der Waals surface area contributed by atoms with Crippen molar-refractivity contribution in [2.45, 2.75) is 47.1 Å². The molecule has 0 fully saturated rings. The Morgan fingerprint density at radius 1 is 1.26 bits per heavy atom. The van der Waals surface area contributed by atoms with Gasteiger partial charge in [0.25, 0.3) is 0 Å². The van der Waals surface area contributed by atoms with Crippen molar-refractivity contribution in [3.63, 3.8) is 0 Å². The molecule has 0 saturated heterocycles. The Balaban J connectivity index is 0.000000380. The number of benzene rings is 1. The van der Waals surface area contributed by atoms with E-state index in [1.807, 2.05) is 26.1 Å². The monoisotopic (exact) mass is 322 g/mol. The van der Waals surface area contributed by atoms with E-state index in [-0.39, 0.29) is 13.2 Å². The van der Waals surface area contributed by atoms with Crippen LogP contribution in [0.25, 0.3) is 10.9 Å². The molecule has 0 radical (unpaired) electrons. The molecule has 2 aromatic rings. The van der Waals surface area contributed by atoms with Gasteiger partial charge in [0.05, 0.1) is 6.61 Å². The highest BCUT2D eigenvalue weighted by molar-refractivity contribution is 5.82. The predicted molar refractivity (Wildman–Crippen MR) is 95.7 cm³/mol. The number of aliphatic hydroxyl groups excluding tert-OH is 1. The summed E-state index contributed by atoms with van der Waals surface area (Å²) in [6, 6.07) is 8.31. The van der Waals surface area contributed by atoms with Crippen LogP contribution in [0.4, 0.5) is 4.79 Å². The number of hydrogen-bond donors (Lipinski definition) is 3. The van der Waals surface area contributed by atoms with Gasteiger partial charge >= 0.3 is 6.09 Å². The molecule has 0 saturated carbocycles. The van der Waals surface area contributed by atoms with Gasteiger partial charge in [-0.2, -0.15) is 0 Å². The molecule has 0 unspecified atom stereocenters. The summed E-state index contributed by atoms with van der Waals surface area (Å²) in [5, 5.41) is 12.0. The third kappa shape index (κ3) is 8.88. The van der Waals surface area contributed by atoms with Gasteiger partial charge in [-0.05, 0) is 39.3 Å². The second-order valence-corrected chi connectivity index (χ2v) is 5.67. The third-order valence-electron chi connectivity index (χ3n) is 2.58. The minimum absolute atomic E-state index is 0.0702. The van der Waals surface area contributed by atoms with Gasteiger partial charge in [-0.15, -0.1) is 0 Å². The van der Waals surface area contributed by atoms with E-state index in [0.717, 1.165) is 0 Å². The van der Waals surface area contributed by atoms with Gasteiger partial charge in [-0.3, -0.25) is 0 Å². The fourth-order valence-electron chi connectivity index (χ4n) is 1.69. The van der Waals surface area contributed by atoms with Crippen molar-refractivity contribution < 1.29 is 14.6 Å². The summed E-state index contributed by atoms with van der Waals surface area (Å²) in [4.78, 5) is 14.0. The first kappa shape index (κ1) is 21.0. The normalized spacial score (nSPS) is 10.0. The van der Waals surface area contributed by atoms with E-state index in [2.05, 4.69) is 35.4 Å². The minimum Gasteiger partial charge on any atom is -0.444 e. The van der Waals surface area contributed by atoms with Crippen LogP contribution in [-0.4, -0.2) is 34.9 Å². The van der Waals surface area contributed by atoms with E-state index in [1.54, 1.807) is 20.8 Å². The van der Waals surface area contributed by atoms with Crippen molar-refractivity contribution in [3.05, 3.63) is 36.0 Å². The molecule has 0 atom stereocenters. The molecule has 3 N–H and O–H groups in total. The number of para-hydroxylation sites is 1. The molecule has 0 spiro atoms. The molecule has 0 bridgehead atoms. The van der Waals surface area contributed by atoms with Crippen LogP contribution >= 0.6 is 0 Å². The van der Waals surface area contributed by atoms with Crippen molar-refractivity contribution in [1.82, 2.24) is 10.3 Å². The first-order valence-corrected chi connectivity index (χ1v) is 7.94. The molecule has 1 aromatic carbocycles. The van der Waals surface area contributed by atoms with Crippen LogP contribution in [0, 0.1) is 6.92 Å². The van der Waals surface area contributed by atoms with Crippen molar-refractivity contribution in [1.29, 1.82) is 0 Å². The molecule has 23 heavy (non-hydrogen) atoms. The lowest BCUT2D eigenvalue weighted by Crippen LogP contribution is -2.33. The number of ether oxygens (including phenoxy) is 1. The van der Waals surface area contributed by atoms with Crippen LogP contribution in [0.2, 0.25) is 0 Å². The Hall–Kier alpha value is -2.01. The number of amides is 1. The Morgan fingerprint density at radius 3 is 2.39 bits per heavy atom. The molecular formula is C18H30N2O3. The van der Waals surface area contributed by atoms with Gasteiger partial charge < -0.3 is 20.1 Å². The summed E-state index contributed by atoms with van der Waals surface area (Å²) in [5.74, 6) is 0. The van der Waals surface area contributed by atoms with Crippen LogP contribution in [-0.2, 0) is 4.74 Å². The highest BCUT2D eigenvalue weighted by Crippen LogP contribution is 2.15. The first-order valence-electron chi connectivity index (χ1n) is 7.94. The number of alkyl carbamates (subject to hydrolysis) is 1. The van der Waals surface area contributed by atoms with Crippen LogP contribution in [0.15, 0.2) is 30.5 Å². The average molecular weight is 322 g/mol. The number of nitrogens with one attached hydrogen (secondary N) is 2. The number of aromatic amines is 1. The van der Waals surface area contributed by atoms with Crippen LogP contribution < -0.4 is 5.32 Å². The molecule has 5 heteroatoms. The number of carbonyl (C=O) groups is 1. The zero-order valence-electron chi connectivity index (χ0n) is 15.1. The second-order valence-electron chi connectivity index (χ2n) is 5.67. The molecule has 0 aliphatic carbocycles. The number of H-pyrrole nitrogens is 1. The summed E-state index contributed by atoms with van der Waals surface area (Å²) in [6.45, 7) is 11.6. The maximum atomic E-state index is 10.8. The Labute approximate surface area is 139 Å². The fraction of sp³-hybridized carbons (Fsp3) is 0.500. The quantitative estimate of drug-likeness (QED) is 0.782. The topological polar surface area (TPSA) is 74.3 Å². The Kier molecular flexibility index (Phi) is 9.74. The van der Waals surface area contributed by atoms with Crippen molar-refractivity contribution >= 4 is 17.0 Å². The fourth-order valence-corrected chi connectivity index (χ4v) is 1.69. The lowest BCUT2D eigenvalue weighted by Gasteiger charge is -2.19. The van der Waals surface area contributed by atoms with Gasteiger partial charge in [0.15, 0.2) is 0 Å². The molecular weight excluding hydrogens is 292 g/mol. The van der Waals surface area contributed by atoms with E-state index in [4.69, 9.17) is 9.84 Å². The molecule has 2 rings (SSSR count). The van der Waals surface area contributed by atoms with E-state index in [9.17, 15) is 4.79 Å². The highest BCUT2D eigenvalue weighted by atomic mass is 16.6. The van der Waals surface area contributed by atoms with Gasteiger partial charge in [-0.25, -0.2) is 4.79 Å². The number of hydrogen-bond acceptors (Lipinski definition) is 3. The molecule has 1 amide bonds. The van der Waals surface area contributed by atoms with Gasteiger partial charge in [0, 0.05) is 23.6 Å². The first-order chi connectivity index (χ1) is 10.8. The zero-order chi connectivity index (χ0) is 17.9. The van der Waals surface area contributed by atoms with Crippen LogP contribution in [0.5, 0.6) is 0 Å². The van der Waals surface area contributed by atoms with Crippen molar-refractivity contribution in [3.8, 4) is 0 Å². The van der Waals surface area contributed by atoms with Gasteiger partial charge in [-0.1, -0.05) is 32.0 Å². The number of aliphatic hydroxyl groups is 1. The van der Waals surface area contributed by atoms with E-state index in [1.165, 1.54) is 16.5 Å². The van der Waals surface area contributed by atoms with Crippen molar-refractivity contribution in [2.24, 2.45) is 0 Å². The standard InChI is InChI=1S/C9H9N.C7H15NO3.C2H6/c1-7-6-10-9-5-3-2-4-8(7)9;1-7(2,3)11-6(10)8-4-5-9;1-2/h2-6,10H,1H3;9H,4-5H2,1-3H3,(H,8,10);1-2H3. The molecule has 5 nitrogen and oxygen atoms in total. The maximum Gasteiger partial charge on any atom is 0.407 e. The Bertz CT molecular complexity index is 571. The highest BCUT2D eigenvalue weighted by Gasteiger charge is 2.14. The van der Waals surface area contributed by atoms with Crippen LogP contribution in [0.3, 0.4) is 0 Å². The SMILES string of the molecule is CC.CC(C)(C)OC(=O)NCCO.Cc1c[nH]c2ccccc12. The number of fused-ring (bicyclic) bond motifs is 1. The summed E-state index contributed by atoms with van der Waals surface area (Å²) < 4.78 is 4.88. The lowest BCUT2D eigenvalue weighted by atomic mass is 10.2. The largest absolute Gasteiger partial charge is 0.444 e. The van der Waals surface area contributed by atoms with Gasteiger partial charge in [0.1, 0.15) is 5.60 Å². The summed E-state index contributed by atoms with van der Waals surface area (Å²) in [5.41, 5.74) is 2.06. The van der Waals surface area contributed by atoms with Crippen LogP contribution in [0.1, 0.15) is 40.2 Å². The lowest BCUT2D eigenvalue weighted by molar-refractivity contribution is 0.0518. The molecule has 1 heterocycles. The Morgan fingerprint density at radius 2 is 1.87 bits per heavy atom. The molecule has 130 valence electrons. The molecule has 0 aliphatic rings. The van der Waals surface area contributed by atoms with E-state index >= 15 is 0 Å². The summed E-state index contributed by atoms with van der Waals surface area (Å²) >= 11 is 0.